The highest BCUT2D eigenvalue weighted by Crippen LogP contribution is 2.29. The van der Waals surface area contributed by atoms with Crippen LogP contribution >= 0.6 is 11.6 Å². The van der Waals surface area contributed by atoms with E-state index in [1.165, 1.54) is 45.8 Å². The van der Waals surface area contributed by atoms with Crippen LogP contribution in [0, 0.1) is 5.82 Å². The molecule has 1 heterocycles. The highest BCUT2D eigenvalue weighted by atomic mass is 35.5. The average molecular weight is 514 g/mol. The Balaban J connectivity index is 1.31. The highest BCUT2D eigenvalue weighted by molar-refractivity contribution is 7.89. The van der Waals surface area contributed by atoms with Crippen molar-refractivity contribution >= 4 is 38.9 Å². The molecule has 0 radical (unpaired) electrons. The summed E-state index contributed by atoms with van der Waals surface area (Å²) in [5.74, 6) is -0.707. The third-order valence-corrected chi connectivity index (χ3v) is 8.98. The molecule has 1 aliphatic carbocycles. The number of benzene rings is 3. The van der Waals surface area contributed by atoms with Gasteiger partial charge < -0.3 is 10.2 Å². The summed E-state index contributed by atoms with van der Waals surface area (Å²) in [6.07, 6.45) is 3.17. The zero-order chi connectivity index (χ0) is 24.6. The summed E-state index contributed by atoms with van der Waals surface area (Å²) < 4.78 is 41.4. The Morgan fingerprint density at radius 1 is 0.886 bits per heavy atom. The first-order chi connectivity index (χ1) is 16.8. The summed E-state index contributed by atoms with van der Waals surface area (Å²) in [7, 11) is -3.91. The van der Waals surface area contributed by atoms with Crippen LogP contribution in [0.2, 0.25) is 5.02 Å². The fraction of sp³-hybridized carbons (Fsp3) is 0.269. The van der Waals surface area contributed by atoms with Gasteiger partial charge in [-0.3, -0.25) is 4.79 Å². The molecule has 0 saturated carbocycles. The molecule has 35 heavy (non-hydrogen) atoms. The van der Waals surface area contributed by atoms with Gasteiger partial charge in [0.1, 0.15) is 10.7 Å². The van der Waals surface area contributed by atoms with Gasteiger partial charge in [0.2, 0.25) is 10.0 Å². The van der Waals surface area contributed by atoms with Gasteiger partial charge in [0, 0.05) is 43.1 Å². The van der Waals surface area contributed by atoms with Crippen molar-refractivity contribution in [2.24, 2.45) is 0 Å². The van der Waals surface area contributed by atoms with Gasteiger partial charge in [0.15, 0.2) is 0 Å². The molecular weight excluding hydrogens is 489 g/mol. The van der Waals surface area contributed by atoms with Crippen molar-refractivity contribution in [3.8, 4) is 0 Å². The molecule has 3 aromatic carbocycles. The van der Waals surface area contributed by atoms with Crippen molar-refractivity contribution in [3.63, 3.8) is 0 Å². The topological polar surface area (TPSA) is 69.7 Å². The fourth-order valence-corrected chi connectivity index (χ4v) is 6.60. The van der Waals surface area contributed by atoms with Crippen molar-refractivity contribution in [1.29, 1.82) is 0 Å². The van der Waals surface area contributed by atoms with E-state index in [1.54, 1.807) is 12.1 Å². The molecular formula is C26H25ClFN3O3S. The number of halogens is 2. The van der Waals surface area contributed by atoms with Gasteiger partial charge in [-0.2, -0.15) is 4.31 Å². The lowest BCUT2D eigenvalue weighted by atomic mass is 10.1. The van der Waals surface area contributed by atoms with E-state index >= 15 is 0 Å². The van der Waals surface area contributed by atoms with Crippen molar-refractivity contribution in [2.45, 2.75) is 24.2 Å². The van der Waals surface area contributed by atoms with E-state index in [2.05, 4.69) is 5.32 Å². The zero-order valence-electron chi connectivity index (χ0n) is 19.0. The molecule has 5 rings (SSSR count). The molecule has 0 bridgehead atoms. The van der Waals surface area contributed by atoms with E-state index in [-0.39, 0.29) is 34.4 Å². The van der Waals surface area contributed by atoms with Crippen molar-refractivity contribution in [1.82, 2.24) is 4.31 Å². The Morgan fingerprint density at radius 2 is 1.60 bits per heavy atom. The number of anilines is 2. The number of amides is 1. The van der Waals surface area contributed by atoms with Crippen LogP contribution in [0.3, 0.4) is 0 Å². The molecule has 1 fully saturated rings. The van der Waals surface area contributed by atoms with Crippen LogP contribution in [0.5, 0.6) is 0 Å². The molecule has 0 spiro atoms. The first-order valence-corrected chi connectivity index (χ1v) is 13.4. The lowest BCUT2D eigenvalue weighted by Crippen LogP contribution is -2.48. The second-order valence-electron chi connectivity index (χ2n) is 8.80. The summed E-state index contributed by atoms with van der Waals surface area (Å²) >= 11 is 6.28. The number of nitrogens with zero attached hydrogens (tertiary/aromatic N) is 2. The molecule has 1 N–H and O–H groups in total. The normalized spacial score (nSPS) is 16.2. The number of fused-ring (bicyclic) bond motifs is 1. The smallest absolute Gasteiger partial charge is 0.255 e. The number of piperazine rings is 1. The van der Waals surface area contributed by atoms with Gasteiger partial charge in [0.25, 0.3) is 5.91 Å². The van der Waals surface area contributed by atoms with Gasteiger partial charge in [0.05, 0.1) is 5.02 Å². The Labute approximate surface area is 209 Å². The number of nitrogens with one attached hydrogen (secondary N) is 1. The van der Waals surface area contributed by atoms with Crippen LogP contribution in [0.15, 0.2) is 65.6 Å². The Kier molecular flexibility index (Phi) is 6.53. The van der Waals surface area contributed by atoms with Gasteiger partial charge in [-0.25, -0.2) is 12.8 Å². The number of carbonyl (C=O) groups excluding carboxylic acids is 1. The third-order valence-electron chi connectivity index (χ3n) is 6.60. The fourth-order valence-electron chi connectivity index (χ4n) is 4.67. The molecule has 182 valence electrons. The van der Waals surface area contributed by atoms with E-state index < -0.39 is 15.9 Å². The van der Waals surface area contributed by atoms with Gasteiger partial charge in [-0.05, 0) is 85.0 Å². The van der Waals surface area contributed by atoms with Crippen LogP contribution < -0.4 is 10.2 Å². The molecule has 0 atom stereocenters. The van der Waals surface area contributed by atoms with E-state index in [9.17, 15) is 17.6 Å². The first kappa shape index (κ1) is 23.8. The van der Waals surface area contributed by atoms with Crippen LogP contribution in [0.25, 0.3) is 0 Å². The standard InChI is InChI=1S/C26H25ClFN3O3S/c27-24-11-5-20(26(32)29-22-8-4-18-2-1-3-19(18)16-22)17-25(24)35(33,34)31-14-12-30(13-15-31)23-9-6-21(28)7-10-23/h4-11,16-17H,1-3,12-15H2,(H,29,32). The molecule has 2 aliphatic rings. The second kappa shape index (κ2) is 9.60. The van der Waals surface area contributed by atoms with Crippen molar-refractivity contribution < 1.29 is 17.6 Å². The maximum Gasteiger partial charge on any atom is 0.255 e. The quantitative estimate of drug-likeness (QED) is 0.535. The monoisotopic (exact) mass is 513 g/mol. The van der Waals surface area contributed by atoms with Gasteiger partial charge >= 0.3 is 0 Å². The lowest BCUT2D eigenvalue weighted by Gasteiger charge is -2.35. The first-order valence-electron chi connectivity index (χ1n) is 11.5. The summed E-state index contributed by atoms with van der Waals surface area (Å²) in [6, 6.07) is 16.3. The molecule has 9 heteroatoms. The van der Waals surface area contributed by atoms with E-state index in [0.29, 0.717) is 18.8 Å². The molecule has 0 aromatic heterocycles. The second-order valence-corrected chi connectivity index (χ2v) is 11.1. The molecule has 1 aliphatic heterocycles. The van der Waals surface area contributed by atoms with Crippen molar-refractivity contribution in [3.05, 3.63) is 88.2 Å². The predicted octanol–water partition coefficient (Wildman–Crippen LogP) is 4.73. The molecule has 6 nitrogen and oxygen atoms in total. The Morgan fingerprint density at radius 3 is 2.34 bits per heavy atom. The predicted molar refractivity (Wildman–Crippen MR) is 135 cm³/mol. The lowest BCUT2D eigenvalue weighted by molar-refractivity contribution is 0.102. The number of sulfonamides is 1. The molecule has 0 unspecified atom stereocenters. The van der Waals surface area contributed by atoms with E-state index in [4.69, 9.17) is 11.6 Å². The number of hydrogen-bond acceptors (Lipinski definition) is 4. The van der Waals surface area contributed by atoms with E-state index in [0.717, 1.165) is 24.9 Å². The van der Waals surface area contributed by atoms with Crippen molar-refractivity contribution in [2.75, 3.05) is 36.4 Å². The highest BCUT2D eigenvalue weighted by Gasteiger charge is 2.31. The molecule has 3 aromatic rings. The minimum Gasteiger partial charge on any atom is -0.369 e. The van der Waals surface area contributed by atoms with Crippen LogP contribution in [0.4, 0.5) is 15.8 Å². The SMILES string of the molecule is O=C(Nc1ccc2c(c1)CCC2)c1ccc(Cl)c(S(=O)(=O)N2CCN(c3ccc(F)cc3)CC2)c1. The maximum absolute atomic E-state index is 13.4. The number of carbonyl (C=O) groups is 1. The third kappa shape index (κ3) is 4.91. The summed E-state index contributed by atoms with van der Waals surface area (Å²) in [5, 5.41) is 2.94. The summed E-state index contributed by atoms with van der Waals surface area (Å²) in [5.41, 5.74) is 4.29. The van der Waals surface area contributed by atoms with Gasteiger partial charge in [-0.1, -0.05) is 17.7 Å². The van der Waals surface area contributed by atoms with Crippen LogP contribution in [-0.4, -0.2) is 44.8 Å². The average Bonchev–Trinajstić information content (AvgIpc) is 3.33. The summed E-state index contributed by atoms with van der Waals surface area (Å²) in [4.78, 5) is 14.8. The number of hydrogen-bond donors (Lipinski definition) is 1. The number of aryl methyl sites for hydroxylation is 2. The largest absolute Gasteiger partial charge is 0.369 e. The molecule has 1 amide bonds. The molecule has 1 saturated heterocycles. The van der Waals surface area contributed by atoms with E-state index in [1.807, 2.05) is 23.1 Å². The summed E-state index contributed by atoms with van der Waals surface area (Å²) in [6.45, 7) is 1.42. The minimum absolute atomic E-state index is 0.0695. The maximum atomic E-state index is 13.4. The Hall–Kier alpha value is -2.94. The Bertz CT molecular complexity index is 1370. The minimum atomic E-state index is -3.91. The van der Waals surface area contributed by atoms with Crippen LogP contribution in [0.1, 0.15) is 27.9 Å². The zero-order valence-corrected chi connectivity index (χ0v) is 20.6. The number of rotatable bonds is 5. The van der Waals surface area contributed by atoms with Gasteiger partial charge in [-0.15, -0.1) is 0 Å². The van der Waals surface area contributed by atoms with Crippen LogP contribution in [-0.2, 0) is 22.9 Å².